The van der Waals surface area contributed by atoms with E-state index in [1.807, 2.05) is 18.2 Å². The predicted molar refractivity (Wildman–Crippen MR) is 106 cm³/mol. The minimum Gasteiger partial charge on any atom is -0.368 e. The maximum Gasteiger partial charge on any atom is 0.190 e. The minimum atomic E-state index is -0.496. The molecule has 2 saturated heterocycles. The molecule has 5 atom stereocenters. The Labute approximate surface area is 164 Å². The van der Waals surface area contributed by atoms with E-state index in [1.165, 1.54) is 5.56 Å². The van der Waals surface area contributed by atoms with Crippen molar-refractivity contribution in [1.82, 2.24) is 0 Å². The van der Waals surface area contributed by atoms with E-state index in [2.05, 4.69) is 32.9 Å². The fourth-order valence-electron chi connectivity index (χ4n) is 4.19. The van der Waals surface area contributed by atoms with Gasteiger partial charge in [-0.2, -0.15) is 0 Å². The van der Waals surface area contributed by atoms with Crippen LogP contribution in [0.5, 0.6) is 0 Å². The summed E-state index contributed by atoms with van der Waals surface area (Å²) in [5, 5.41) is 0. The largest absolute Gasteiger partial charge is 0.368 e. The summed E-state index contributed by atoms with van der Waals surface area (Å²) in [7, 11) is 0. The second-order valence-electron chi connectivity index (χ2n) is 7.91. The van der Waals surface area contributed by atoms with Gasteiger partial charge in [0.05, 0.1) is 12.7 Å². The molecule has 152 valence electrons. The third-order valence-corrected chi connectivity index (χ3v) is 5.62. The van der Waals surface area contributed by atoms with Gasteiger partial charge in [-0.15, -0.1) is 0 Å². The van der Waals surface area contributed by atoms with Crippen LogP contribution in [0.1, 0.15) is 77.7 Å². The normalized spacial score (nSPS) is 32.7. The van der Waals surface area contributed by atoms with E-state index in [0.717, 1.165) is 51.4 Å². The zero-order valence-electron chi connectivity index (χ0n) is 17.2. The van der Waals surface area contributed by atoms with Gasteiger partial charge in [-0.1, -0.05) is 76.8 Å². The van der Waals surface area contributed by atoms with Crippen LogP contribution < -0.4 is 0 Å². The molecular formula is C23H36O4. The Bertz CT molecular complexity index is 549. The molecule has 27 heavy (non-hydrogen) atoms. The molecule has 0 aliphatic carbocycles. The van der Waals surface area contributed by atoms with Gasteiger partial charge in [0.1, 0.15) is 12.2 Å². The van der Waals surface area contributed by atoms with Crippen molar-refractivity contribution in [2.45, 2.75) is 109 Å². The summed E-state index contributed by atoms with van der Waals surface area (Å²) < 4.78 is 25.6. The number of ether oxygens (including phenoxy) is 4. The summed E-state index contributed by atoms with van der Waals surface area (Å²) in [5.41, 5.74) is 1.18. The number of rotatable bonds is 11. The molecule has 2 aliphatic rings. The highest BCUT2D eigenvalue weighted by atomic mass is 16.8. The molecule has 1 aromatic carbocycles. The summed E-state index contributed by atoms with van der Waals surface area (Å²) in [6.45, 7) is 7.18. The standard InChI is InChI=1S/C23H36O4/c1-4-7-14-19-20(24-17-18-12-10-9-11-13-18)21-22(25-19)27-23(26-21,15-6-3)16-8-5-2/h9-13,19-22H,4-8,14-17H2,1-3H3/t19-,20+,21-,22-,23?/m1/s1. The van der Waals surface area contributed by atoms with Gasteiger partial charge in [-0.25, -0.2) is 0 Å². The van der Waals surface area contributed by atoms with Crippen LogP contribution in [0.15, 0.2) is 30.3 Å². The molecule has 0 N–H and O–H groups in total. The molecule has 0 amide bonds. The van der Waals surface area contributed by atoms with Crippen molar-refractivity contribution in [1.29, 1.82) is 0 Å². The van der Waals surface area contributed by atoms with Crippen LogP contribution in [0.3, 0.4) is 0 Å². The molecule has 0 radical (unpaired) electrons. The van der Waals surface area contributed by atoms with E-state index in [-0.39, 0.29) is 24.6 Å². The monoisotopic (exact) mass is 376 g/mol. The lowest BCUT2D eigenvalue weighted by Gasteiger charge is -2.31. The third kappa shape index (κ3) is 5.11. The van der Waals surface area contributed by atoms with Gasteiger partial charge in [0.15, 0.2) is 12.1 Å². The number of unbranched alkanes of at least 4 members (excludes halogenated alkanes) is 2. The first kappa shape index (κ1) is 20.8. The second-order valence-corrected chi connectivity index (χ2v) is 7.91. The molecule has 1 unspecified atom stereocenters. The molecule has 4 nitrogen and oxygen atoms in total. The predicted octanol–water partition coefficient (Wildman–Crippen LogP) is 5.59. The lowest BCUT2D eigenvalue weighted by Crippen LogP contribution is -2.39. The Balaban J connectivity index is 1.69. The van der Waals surface area contributed by atoms with Gasteiger partial charge < -0.3 is 18.9 Å². The van der Waals surface area contributed by atoms with Crippen molar-refractivity contribution in [2.75, 3.05) is 0 Å². The number of fused-ring (bicyclic) bond motifs is 1. The maximum absolute atomic E-state index is 6.55. The molecule has 4 heteroatoms. The average Bonchev–Trinajstić information content (AvgIpc) is 3.18. The number of benzene rings is 1. The van der Waals surface area contributed by atoms with Gasteiger partial charge in [0, 0.05) is 12.8 Å². The van der Waals surface area contributed by atoms with Crippen molar-refractivity contribution >= 4 is 0 Å². The molecule has 2 fully saturated rings. The zero-order chi connectivity index (χ0) is 19.1. The molecule has 0 spiro atoms. The van der Waals surface area contributed by atoms with E-state index >= 15 is 0 Å². The highest BCUT2D eigenvalue weighted by Gasteiger charge is 2.57. The summed E-state index contributed by atoms with van der Waals surface area (Å²) >= 11 is 0. The average molecular weight is 377 g/mol. The first-order valence-electron chi connectivity index (χ1n) is 10.9. The molecule has 0 saturated carbocycles. The molecule has 2 heterocycles. The highest BCUT2D eigenvalue weighted by molar-refractivity contribution is 5.13. The van der Waals surface area contributed by atoms with Crippen LogP contribution in [0.2, 0.25) is 0 Å². The van der Waals surface area contributed by atoms with Crippen LogP contribution in [0.4, 0.5) is 0 Å². The van der Waals surface area contributed by atoms with Crippen LogP contribution in [-0.4, -0.2) is 30.4 Å². The molecule has 0 aromatic heterocycles. The van der Waals surface area contributed by atoms with Crippen LogP contribution in [0.25, 0.3) is 0 Å². The topological polar surface area (TPSA) is 36.9 Å². The smallest absolute Gasteiger partial charge is 0.190 e. The van der Waals surface area contributed by atoms with Crippen molar-refractivity contribution < 1.29 is 18.9 Å². The van der Waals surface area contributed by atoms with Crippen LogP contribution >= 0.6 is 0 Å². The zero-order valence-corrected chi connectivity index (χ0v) is 17.2. The summed E-state index contributed by atoms with van der Waals surface area (Å²) in [5.74, 6) is -0.496. The van der Waals surface area contributed by atoms with Gasteiger partial charge >= 0.3 is 0 Å². The van der Waals surface area contributed by atoms with Gasteiger partial charge in [-0.3, -0.25) is 0 Å². The first-order chi connectivity index (χ1) is 13.2. The van der Waals surface area contributed by atoms with E-state index < -0.39 is 5.79 Å². The third-order valence-electron chi connectivity index (χ3n) is 5.62. The summed E-state index contributed by atoms with van der Waals surface area (Å²) in [4.78, 5) is 0. The lowest BCUT2D eigenvalue weighted by atomic mass is 10.0. The highest BCUT2D eigenvalue weighted by Crippen LogP contribution is 2.44. The van der Waals surface area contributed by atoms with Gasteiger partial charge in [0.25, 0.3) is 0 Å². The van der Waals surface area contributed by atoms with Crippen molar-refractivity contribution in [3.63, 3.8) is 0 Å². The maximum atomic E-state index is 6.55. The number of hydrogen-bond acceptors (Lipinski definition) is 4. The van der Waals surface area contributed by atoms with E-state index in [1.54, 1.807) is 0 Å². The SMILES string of the molecule is CCCC[C@H]1O[C@@H]2OC(CCC)(CCCC)O[C@@H]2[C@H]1OCc1ccccc1. The minimum absolute atomic E-state index is 0.0504. The molecule has 3 rings (SSSR count). The van der Waals surface area contributed by atoms with E-state index in [4.69, 9.17) is 18.9 Å². The molecule has 2 aliphatic heterocycles. The molecule has 0 bridgehead atoms. The van der Waals surface area contributed by atoms with Gasteiger partial charge in [-0.05, 0) is 18.4 Å². The van der Waals surface area contributed by atoms with Gasteiger partial charge in [0.2, 0.25) is 0 Å². The molecule has 1 aromatic rings. The van der Waals surface area contributed by atoms with E-state index in [0.29, 0.717) is 6.61 Å². The van der Waals surface area contributed by atoms with Crippen molar-refractivity contribution in [2.24, 2.45) is 0 Å². The van der Waals surface area contributed by atoms with Crippen molar-refractivity contribution in [3.05, 3.63) is 35.9 Å². The molecular weight excluding hydrogens is 340 g/mol. The van der Waals surface area contributed by atoms with Crippen molar-refractivity contribution in [3.8, 4) is 0 Å². The first-order valence-corrected chi connectivity index (χ1v) is 10.9. The Morgan fingerprint density at radius 1 is 0.926 bits per heavy atom. The summed E-state index contributed by atoms with van der Waals surface area (Å²) in [6, 6.07) is 10.3. The Morgan fingerprint density at radius 2 is 1.70 bits per heavy atom. The fraction of sp³-hybridized carbons (Fsp3) is 0.739. The Kier molecular flexibility index (Phi) is 7.71. The lowest BCUT2D eigenvalue weighted by molar-refractivity contribution is -0.244. The Morgan fingerprint density at radius 3 is 2.41 bits per heavy atom. The van der Waals surface area contributed by atoms with E-state index in [9.17, 15) is 0 Å². The van der Waals surface area contributed by atoms with Crippen LogP contribution in [0, 0.1) is 0 Å². The second kappa shape index (κ2) is 10.0. The quantitative estimate of drug-likeness (QED) is 0.504. The van der Waals surface area contributed by atoms with Crippen LogP contribution in [-0.2, 0) is 25.6 Å². The fourth-order valence-corrected chi connectivity index (χ4v) is 4.19. The Hall–Kier alpha value is -0.940. The summed E-state index contributed by atoms with van der Waals surface area (Å²) in [6.07, 6.45) is 7.96. The number of hydrogen-bond donors (Lipinski definition) is 0.